The first kappa shape index (κ1) is 96.0. The van der Waals surface area contributed by atoms with Gasteiger partial charge in [-0.15, -0.1) is 0 Å². The highest BCUT2D eigenvalue weighted by Crippen LogP contribution is 2.21. The maximum Gasteiger partial charge on any atom is 0.361 e. The van der Waals surface area contributed by atoms with Crippen LogP contribution in [0.3, 0.4) is 0 Å². The minimum Gasteiger partial charge on any atom is -0.477 e. The minimum absolute atomic E-state index is 0.176. The third-order valence-corrected chi connectivity index (χ3v) is 19.8. The maximum atomic E-state index is 13.0. The summed E-state index contributed by atoms with van der Waals surface area (Å²) in [6.07, 6.45) is 106. The van der Waals surface area contributed by atoms with E-state index in [2.05, 4.69) is 74.6 Å². The molecule has 1 N–H and O–H groups in total. The molecule has 9 heteroatoms. The summed E-state index contributed by atoms with van der Waals surface area (Å²) in [7, 11) is 6.00. The second-order valence-corrected chi connectivity index (χ2v) is 30.8. The lowest BCUT2D eigenvalue weighted by Crippen LogP contribution is -2.40. The van der Waals surface area contributed by atoms with Crippen molar-refractivity contribution in [3.8, 4) is 0 Å². The van der Waals surface area contributed by atoms with E-state index in [-0.39, 0.29) is 38.2 Å². The standard InChI is InChI=1S/C90H167NO8/c1-6-8-10-12-14-16-18-20-22-24-26-28-30-32-34-36-38-40-41-42-43-44-45-46-47-49-50-52-54-56-58-60-62-64-66-68-70-72-74-76-78-80-87(92)97-84-86(85-98-90(89(94)95)96-83-82-91(3,4)5)99-88(93)81-79-77-75-73-71-69-67-65-63-61-59-57-55-53-51-48-39-37-35-33-31-29-27-25-23-21-19-17-15-13-11-9-7-2/h9,11,15,17,21,23-24,26-27,29,86,90H,6-8,10,12-14,16,18-20,22,25,28,30-85H2,1-5H3/p+1/b11-9-,17-15-,23-21-,26-24-,29-27-. The Morgan fingerprint density at radius 2 is 0.576 bits per heavy atom. The number of unbranched alkanes of at least 4 members (excludes halogenated alkanes) is 57. The summed E-state index contributed by atoms with van der Waals surface area (Å²) < 4.78 is 23.1. The van der Waals surface area contributed by atoms with E-state index in [0.29, 0.717) is 17.4 Å². The van der Waals surface area contributed by atoms with Gasteiger partial charge in [0.25, 0.3) is 6.29 Å². The van der Waals surface area contributed by atoms with Crippen LogP contribution in [-0.2, 0) is 33.3 Å². The quantitative estimate of drug-likeness (QED) is 0.0211. The zero-order valence-electron chi connectivity index (χ0n) is 66.7. The van der Waals surface area contributed by atoms with Crippen LogP contribution in [0.2, 0.25) is 0 Å². The van der Waals surface area contributed by atoms with E-state index in [1.54, 1.807) is 0 Å². The van der Waals surface area contributed by atoms with E-state index in [4.69, 9.17) is 18.9 Å². The van der Waals surface area contributed by atoms with Crippen LogP contribution in [0, 0.1) is 0 Å². The first-order valence-electron chi connectivity index (χ1n) is 43.5. The van der Waals surface area contributed by atoms with Crippen LogP contribution in [-0.4, -0.2) is 87.4 Å². The Bertz CT molecular complexity index is 1820. The highest BCUT2D eigenvalue weighted by atomic mass is 16.7. The van der Waals surface area contributed by atoms with Gasteiger partial charge in [-0.05, 0) is 77.0 Å². The first-order valence-corrected chi connectivity index (χ1v) is 43.5. The van der Waals surface area contributed by atoms with Crippen molar-refractivity contribution in [1.29, 1.82) is 0 Å². The fourth-order valence-electron chi connectivity index (χ4n) is 13.2. The summed E-state index contributed by atoms with van der Waals surface area (Å²) >= 11 is 0. The molecule has 0 amide bonds. The molecular weight excluding hydrogens is 1220 g/mol. The molecule has 580 valence electrons. The normalized spacial score (nSPS) is 12.9. The molecule has 0 saturated carbocycles. The SMILES string of the molecule is CC/C=C\C/C=C\C/C=C\C/C=C\CCCCCCCCCCCCCCCCCCCCCCC(=O)OC(COC(=O)CCCCCCCCCCCCCCCCCCCCCCCCCCCCCCC/C=C\CCCCCCCCCC)COC(OCC[N+](C)(C)C)C(=O)O. The van der Waals surface area contributed by atoms with Crippen molar-refractivity contribution in [2.24, 2.45) is 0 Å². The molecule has 0 aliphatic heterocycles. The third-order valence-electron chi connectivity index (χ3n) is 19.8. The molecule has 9 nitrogen and oxygen atoms in total. The molecule has 0 fully saturated rings. The number of allylic oxidation sites excluding steroid dienone is 10. The van der Waals surface area contributed by atoms with Gasteiger partial charge in [0.1, 0.15) is 13.2 Å². The Morgan fingerprint density at radius 3 is 0.869 bits per heavy atom. The van der Waals surface area contributed by atoms with Crippen LogP contribution in [0.1, 0.15) is 438 Å². The van der Waals surface area contributed by atoms with Crippen molar-refractivity contribution in [1.82, 2.24) is 0 Å². The van der Waals surface area contributed by atoms with Crippen molar-refractivity contribution in [3.63, 3.8) is 0 Å². The lowest BCUT2D eigenvalue weighted by molar-refractivity contribution is -0.870. The number of rotatable bonds is 82. The molecule has 0 aromatic rings. The van der Waals surface area contributed by atoms with Crippen molar-refractivity contribution in [3.05, 3.63) is 60.8 Å². The Kier molecular flexibility index (Phi) is 78.2. The van der Waals surface area contributed by atoms with Crippen LogP contribution in [0.15, 0.2) is 60.8 Å². The largest absolute Gasteiger partial charge is 0.477 e. The van der Waals surface area contributed by atoms with Crippen molar-refractivity contribution < 1.29 is 42.9 Å². The van der Waals surface area contributed by atoms with E-state index in [0.717, 1.165) is 64.2 Å². The van der Waals surface area contributed by atoms with Gasteiger partial charge >= 0.3 is 17.9 Å². The van der Waals surface area contributed by atoms with Crippen molar-refractivity contribution >= 4 is 17.9 Å². The summed E-state index contributed by atoms with van der Waals surface area (Å²) in [5.41, 5.74) is 0. The number of hydrogen-bond donors (Lipinski definition) is 1. The molecule has 0 saturated heterocycles. The fourth-order valence-corrected chi connectivity index (χ4v) is 13.2. The van der Waals surface area contributed by atoms with Gasteiger partial charge in [0.2, 0.25) is 0 Å². The molecule has 2 atom stereocenters. The maximum absolute atomic E-state index is 13.0. The summed E-state index contributed by atoms with van der Waals surface area (Å²) in [5, 5.41) is 9.79. The van der Waals surface area contributed by atoms with E-state index < -0.39 is 18.4 Å². The third kappa shape index (κ3) is 82.2. The molecule has 0 aromatic heterocycles. The lowest BCUT2D eigenvalue weighted by Gasteiger charge is -2.25. The minimum atomic E-state index is -1.51. The van der Waals surface area contributed by atoms with Crippen LogP contribution >= 0.6 is 0 Å². The number of likely N-dealkylation sites (N-methyl/N-ethyl adjacent to an activating group) is 1. The second kappa shape index (κ2) is 80.7. The Hall–Kier alpha value is -3.01. The highest BCUT2D eigenvalue weighted by Gasteiger charge is 2.25. The molecule has 2 unspecified atom stereocenters. The topological polar surface area (TPSA) is 108 Å². The van der Waals surface area contributed by atoms with Gasteiger partial charge in [0.15, 0.2) is 6.10 Å². The molecule has 0 radical (unpaired) electrons. The summed E-state index contributed by atoms with van der Waals surface area (Å²) in [5.74, 6) is -1.97. The average molecular weight is 1390 g/mol. The predicted molar refractivity (Wildman–Crippen MR) is 429 cm³/mol. The zero-order valence-corrected chi connectivity index (χ0v) is 66.7. The van der Waals surface area contributed by atoms with Gasteiger partial charge in [-0.2, -0.15) is 0 Å². The highest BCUT2D eigenvalue weighted by molar-refractivity contribution is 5.71. The van der Waals surface area contributed by atoms with Crippen LogP contribution in [0.4, 0.5) is 0 Å². The van der Waals surface area contributed by atoms with E-state index in [1.807, 2.05) is 21.1 Å². The summed E-state index contributed by atoms with van der Waals surface area (Å²) in [4.78, 5) is 37.8. The predicted octanol–water partition coefficient (Wildman–Crippen LogP) is 28.2. The van der Waals surface area contributed by atoms with Gasteiger partial charge < -0.3 is 28.5 Å². The van der Waals surface area contributed by atoms with E-state index >= 15 is 0 Å². The first-order chi connectivity index (χ1) is 48.6. The number of esters is 2. The molecule has 0 aliphatic carbocycles. The Labute approximate surface area is 615 Å². The molecule has 0 rings (SSSR count). The van der Waals surface area contributed by atoms with Gasteiger partial charge in [0, 0.05) is 12.8 Å². The number of ether oxygens (including phenoxy) is 4. The lowest BCUT2D eigenvalue weighted by atomic mass is 10.0. The number of carbonyl (C=O) groups is 3. The molecule has 0 spiro atoms. The molecule has 0 aliphatic rings. The van der Waals surface area contributed by atoms with E-state index in [9.17, 15) is 19.5 Å². The van der Waals surface area contributed by atoms with Crippen molar-refractivity contribution in [2.75, 3.05) is 47.5 Å². The number of quaternary nitrogens is 1. The molecule has 0 aromatic carbocycles. The Balaban J connectivity index is 3.90. The van der Waals surface area contributed by atoms with Gasteiger partial charge in [-0.3, -0.25) is 9.59 Å². The molecule has 0 bridgehead atoms. The number of hydrogen-bond acceptors (Lipinski definition) is 7. The number of carboxylic acid groups (broad SMARTS) is 1. The molecule has 0 heterocycles. The molecular formula is C90H168NO8+. The van der Waals surface area contributed by atoms with E-state index in [1.165, 1.54) is 347 Å². The monoisotopic (exact) mass is 1390 g/mol. The molecule has 99 heavy (non-hydrogen) atoms. The van der Waals surface area contributed by atoms with Crippen LogP contribution in [0.25, 0.3) is 0 Å². The number of aliphatic carboxylic acids is 1. The van der Waals surface area contributed by atoms with Crippen molar-refractivity contribution in [2.45, 2.75) is 450 Å². The number of carboxylic acids is 1. The summed E-state index contributed by atoms with van der Waals surface area (Å²) in [6.45, 7) is 4.84. The zero-order chi connectivity index (χ0) is 71.8. The van der Waals surface area contributed by atoms with Gasteiger partial charge in [0.05, 0.1) is 34.4 Å². The number of nitrogens with zero attached hydrogens (tertiary/aromatic N) is 1. The fraction of sp³-hybridized carbons (Fsp3) is 0.856. The smallest absolute Gasteiger partial charge is 0.361 e. The Morgan fingerprint density at radius 1 is 0.313 bits per heavy atom. The van der Waals surface area contributed by atoms with Gasteiger partial charge in [-0.25, -0.2) is 4.79 Å². The van der Waals surface area contributed by atoms with Gasteiger partial charge in [-0.1, -0.05) is 408 Å². The number of carbonyl (C=O) groups excluding carboxylic acids is 2. The van der Waals surface area contributed by atoms with Crippen LogP contribution in [0.5, 0.6) is 0 Å². The second-order valence-electron chi connectivity index (χ2n) is 30.8. The summed E-state index contributed by atoms with van der Waals surface area (Å²) in [6, 6.07) is 0. The van der Waals surface area contributed by atoms with Crippen LogP contribution < -0.4 is 0 Å². The average Bonchev–Trinajstić information content (AvgIpc) is 1.57.